The van der Waals surface area contributed by atoms with Crippen LogP contribution in [0.3, 0.4) is 0 Å². The van der Waals surface area contributed by atoms with Gasteiger partial charge in [0.05, 0.1) is 22.3 Å². The number of fused-ring (bicyclic) bond motifs is 1. The van der Waals surface area contributed by atoms with Crippen molar-refractivity contribution >= 4 is 0 Å². The predicted molar refractivity (Wildman–Crippen MR) is 62.3 cm³/mol. The molecule has 2 N–H and O–H groups in total. The summed E-state index contributed by atoms with van der Waals surface area (Å²) in [7, 11) is 0. The first-order valence-electron chi connectivity index (χ1n) is 6.24. The molecule has 1 aliphatic heterocycles. The van der Waals surface area contributed by atoms with E-state index < -0.39 is 5.66 Å². The van der Waals surface area contributed by atoms with Crippen molar-refractivity contribution in [3.63, 3.8) is 0 Å². The minimum absolute atomic E-state index is 0.631. The Balaban J connectivity index is 2.30. The highest BCUT2D eigenvalue weighted by atomic mass is 16.5. The molecule has 1 fully saturated rings. The van der Waals surface area contributed by atoms with Crippen molar-refractivity contribution in [1.82, 2.24) is 9.48 Å². The number of rotatable bonds is 0. The van der Waals surface area contributed by atoms with Gasteiger partial charge in [0.2, 0.25) is 0 Å². The maximum atomic E-state index is 10.4. The van der Waals surface area contributed by atoms with Crippen LogP contribution in [-0.2, 0) is 0 Å². The molecule has 0 saturated heterocycles. The van der Waals surface area contributed by atoms with Gasteiger partial charge in [-0.15, -0.1) is 0 Å². The summed E-state index contributed by atoms with van der Waals surface area (Å²) in [5.41, 5.74) is 0.457. The molecule has 1 aromatic carbocycles. The van der Waals surface area contributed by atoms with Crippen LogP contribution in [-0.4, -0.2) is 16.1 Å². The summed E-state index contributed by atoms with van der Waals surface area (Å²) < 4.78 is 2.54. The molecule has 17 heavy (non-hydrogen) atoms. The number of hydroxylamine groups is 2. The van der Waals surface area contributed by atoms with E-state index in [0.29, 0.717) is 5.36 Å². The minimum atomic E-state index is -0.631. The number of aryl methyl sites for hydroxylation is 1. The molecule has 0 amide bonds. The Kier molecular flexibility index (Phi) is 2.15. The van der Waals surface area contributed by atoms with Crippen LogP contribution in [0.1, 0.15) is 37.7 Å². The Morgan fingerprint density at radius 2 is 1.65 bits per heavy atom. The lowest BCUT2D eigenvalue weighted by atomic mass is 9.90. The molecule has 1 spiro atoms. The minimum Gasteiger partial charge on any atom is -0.284 e. The zero-order valence-corrected chi connectivity index (χ0v) is 10.1. The van der Waals surface area contributed by atoms with Crippen molar-refractivity contribution in [2.24, 2.45) is 0 Å². The molecule has 4 nitrogen and oxygen atoms in total. The molecular weight excluding hydrogens is 216 g/mol. The van der Waals surface area contributed by atoms with Crippen molar-refractivity contribution in [3.8, 4) is 0 Å². The van der Waals surface area contributed by atoms with E-state index in [-0.39, 0.29) is 0 Å². The molecule has 1 aromatic rings. The van der Waals surface area contributed by atoms with E-state index in [4.69, 9.17) is 0 Å². The first-order chi connectivity index (χ1) is 8.15. The molecule has 1 heterocycles. The zero-order valence-electron chi connectivity index (χ0n) is 10.1. The van der Waals surface area contributed by atoms with Gasteiger partial charge in [0, 0.05) is 12.1 Å². The summed E-state index contributed by atoms with van der Waals surface area (Å²) in [6, 6.07) is 5.75. The molecule has 0 unspecified atom stereocenters. The molecule has 1 aliphatic carbocycles. The molecule has 3 rings (SSSR count). The molecular formula is C13H18N2O2+2. The third kappa shape index (κ3) is 1.30. The van der Waals surface area contributed by atoms with Crippen LogP contribution in [0.25, 0.3) is 0 Å². The maximum absolute atomic E-state index is 10.4. The van der Waals surface area contributed by atoms with Crippen LogP contribution in [0.15, 0.2) is 18.2 Å². The molecule has 0 bridgehead atoms. The smallest absolute Gasteiger partial charge is 0.284 e. The Hall–Kier alpha value is -1.58. The Morgan fingerprint density at radius 1 is 1.00 bits per heavy atom. The second-order valence-corrected chi connectivity index (χ2v) is 5.16. The topological polar surface area (TPSA) is 46.5 Å². The molecule has 4 heteroatoms. The third-order valence-corrected chi connectivity index (χ3v) is 4.03. The zero-order chi connectivity index (χ0) is 12.0. The fourth-order valence-electron chi connectivity index (χ4n) is 3.06. The lowest BCUT2D eigenvalue weighted by Gasteiger charge is -2.20. The van der Waals surface area contributed by atoms with Crippen LogP contribution in [0.5, 0.6) is 0 Å². The van der Waals surface area contributed by atoms with E-state index in [0.717, 1.165) is 36.6 Å². The summed E-state index contributed by atoms with van der Waals surface area (Å²) in [5.74, 6) is 0. The van der Waals surface area contributed by atoms with Crippen LogP contribution in [0, 0.1) is 6.92 Å². The SMILES string of the molecule is Cc1ccc2c(c1)=[N+](O)C1(CCCCC1)[N+]=2O. The number of hydrogen-bond donors (Lipinski definition) is 2. The van der Waals surface area contributed by atoms with Crippen molar-refractivity contribution in [3.05, 3.63) is 34.5 Å². The van der Waals surface area contributed by atoms with Crippen LogP contribution in [0.2, 0.25) is 0 Å². The van der Waals surface area contributed by atoms with E-state index in [9.17, 15) is 10.4 Å². The van der Waals surface area contributed by atoms with Gasteiger partial charge < -0.3 is 0 Å². The summed E-state index contributed by atoms with van der Waals surface area (Å²) >= 11 is 0. The van der Waals surface area contributed by atoms with Crippen molar-refractivity contribution in [2.45, 2.75) is 44.7 Å². The van der Waals surface area contributed by atoms with Gasteiger partial charge in [0.25, 0.3) is 0 Å². The molecule has 0 atom stereocenters. The lowest BCUT2D eigenvalue weighted by molar-refractivity contribution is -0.116. The van der Waals surface area contributed by atoms with E-state index in [1.807, 2.05) is 25.1 Å². The summed E-state index contributed by atoms with van der Waals surface area (Å²) in [5, 5.41) is 22.2. The molecule has 2 aliphatic rings. The molecule has 0 aromatic heterocycles. The third-order valence-electron chi connectivity index (χ3n) is 4.03. The van der Waals surface area contributed by atoms with Gasteiger partial charge in [-0.1, -0.05) is 12.5 Å². The van der Waals surface area contributed by atoms with Crippen LogP contribution in [0.4, 0.5) is 0 Å². The van der Waals surface area contributed by atoms with Gasteiger partial charge >= 0.3 is 16.4 Å². The monoisotopic (exact) mass is 234 g/mol. The van der Waals surface area contributed by atoms with E-state index in [1.165, 1.54) is 15.9 Å². The largest absolute Gasteiger partial charge is 0.441 e. The number of nitrogens with zero attached hydrogens (tertiary/aromatic N) is 2. The van der Waals surface area contributed by atoms with E-state index >= 15 is 0 Å². The second-order valence-electron chi connectivity index (χ2n) is 5.16. The fraction of sp³-hybridized carbons (Fsp3) is 0.538. The summed E-state index contributed by atoms with van der Waals surface area (Å²) in [6.45, 7) is 1.99. The van der Waals surface area contributed by atoms with E-state index in [2.05, 4.69) is 0 Å². The van der Waals surface area contributed by atoms with Gasteiger partial charge in [0.1, 0.15) is 0 Å². The van der Waals surface area contributed by atoms with Gasteiger partial charge in [-0.25, -0.2) is 0 Å². The average Bonchev–Trinajstić information content (AvgIpc) is 2.54. The highest BCUT2D eigenvalue weighted by molar-refractivity contribution is 5.15. The number of benzene rings is 1. The number of hydrogen-bond acceptors (Lipinski definition) is 2. The Labute approximate surface area is 99.7 Å². The van der Waals surface area contributed by atoms with Gasteiger partial charge in [-0.2, -0.15) is 0 Å². The van der Waals surface area contributed by atoms with Crippen molar-refractivity contribution in [1.29, 1.82) is 0 Å². The molecule has 1 saturated carbocycles. The average molecular weight is 234 g/mol. The standard InChI is InChI=1S/C13H18N2O2/c1-10-5-6-11-12(9-10)15(17)13(14(11)16)7-3-2-4-8-13/h5-6,9,16-17H,2-4,7-8H2,1H3/q+2. The fourth-order valence-corrected chi connectivity index (χ4v) is 3.06. The lowest BCUT2D eigenvalue weighted by Crippen LogP contribution is -2.55. The quantitative estimate of drug-likeness (QED) is 0.505. The summed E-state index contributed by atoms with van der Waals surface area (Å²) in [6.07, 6.45) is 4.86. The molecule has 90 valence electrons. The van der Waals surface area contributed by atoms with Gasteiger partial charge in [-0.3, -0.25) is 10.4 Å². The Bertz CT molecular complexity index is 586. The normalized spacial score (nSPS) is 21.9. The van der Waals surface area contributed by atoms with E-state index in [1.54, 1.807) is 0 Å². The summed E-state index contributed by atoms with van der Waals surface area (Å²) in [4.78, 5) is 0. The van der Waals surface area contributed by atoms with Crippen molar-refractivity contribution in [2.75, 3.05) is 0 Å². The highest BCUT2D eigenvalue weighted by Crippen LogP contribution is 2.29. The van der Waals surface area contributed by atoms with Crippen molar-refractivity contribution < 1.29 is 10.4 Å². The Morgan fingerprint density at radius 3 is 2.35 bits per heavy atom. The van der Waals surface area contributed by atoms with Crippen LogP contribution >= 0.6 is 0 Å². The second kappa shape index (κ2) is 3.45. The van der Waals surface area contributed by atoms with Crippen LogP contribution < -0.4 is 20.2 Å². The van der Waals surface area contributed by atoms with Gasteiger partial charge in [-0.05, 0) is 25.3 Å². The predicted octanol–water partition coefficient (Wildman–Crippen LogP) is 0.430. The van der Waals surface area contributed by atoms with Gasteiger partial charge in [0.15, 0.2) is 0 Å². The maximum Gasteiger partial charge on any atom is 0.441 e. The highest BCUT2D eigenvalue weighted by Gasteiger charge is 2.60. The first-order valence-corrected chi connectivity index (χ1v) is 6.24. The first kappa shape index (κ1) is 10.6. The molecule has 0 radical (unpaired) electrons.